The summed E-state index contributed by atoms with van der Waals surface area (Å²) >= 11 is 0. The van der Waals surface area contributed by atoms with Gasteiger partial charge in [-0.25, -0.2) is 18.7 Å². The van der Waals surface area contributed by atoms with Gasteiger partial charge in [-0.05, 0) is 54.3 Å². The van der Waals surface area contributed by atoms with E-state index >= 15 is 0 Å². The summed E-state index contributed by atoms with van der Waals surface area (Å²) in [4.78, 5) is 34.5. The number of carboxylic acid groups (broad SMARTS) is 1. The topological polar surface area (TPSA) is 95.4 Å². The van der Waals surface area contributed by atoms with Crippen LogP contribution in [0.15, 0.2) is 66.7 Å². The highest BCUT2D eigenvalue weighted by molar-refractivity contribution is 5.93. The van der Waals surface area contributed by atoms with Crippen LogP contribution in [0.5, 0.6) is 0 Å². The Hall–Kier alpha value is -4.40. The summed E-state index contributed by atoms with van der Waals surface area (Å²) < 4.78 is 27.8. The van der Waals surface area contributed by atoms with Gasteiger partial charge >= 0.3 is 5.97 Å². The molecule has 4 rings (SSSR count). The van der Waals surface area contributed by atoms with E-state index in [1.165, 1.54) is 17.0 Å². The lowest BCUT2D eigenvalue weighted by Gasteiger charge is -2.19. The molecule has 3 aromatic carbocycles. The largest absolute Gasteiger partial charge is 0.481 e. The molecule has 0 aliphatic heterocycles. The third kappa shape index (κ3) is 6.42. The third-order valence-electron chi connectivity index (χ3n) is 6.88. The monoisotopic (exact) mass is 546 g/mol. The molecule has 40 heavy (non-hydrogen) atoms. The number of carbonyl (C=O) groups excluding carboxylic acids is 1. The number of fused-ring (bicyclic) bond motifs is 1. The summed E-state index contributed by atoms with van der Waals surface area (Å²) in [6.07, 6.45) is -0.125. The van der Waals surface area contributed by atoms with Gasteiger partial charge in [0.2, 0.25) is 5.91 Å². The van der Waals surface area contributed by atoms with Gasteiger partial charge < -0.3 is 15.3 Å². The van der Waals surface area contributed by atoms with Crippen LogP contribution in [0.3, 0.4) is 0 Å². The zero-order chi connectivity index (χ0) is 29.2. The lowest BCUT2D eigenvalue weighted by molar-refractivity contribution is -0.142. The summed E-state index contributed by atoms with van der Waals surface area (Å²) in [5.41, 5.74) is 3.64. The summed E-state index contributed by atoms with van der Waals surface area (Å²) in [6.45, 7) is 4.56. The number of aliphatic carboxylic acids is 1. The SMILES string of the molecule is Cc1nc(NC(C)c2cccc(C(C)(F)F)c2)c2cc(-c3ccc(C(CC(=O)N(C)C)C(=O)O)cc3)ccc2n1. The zero-order valence-corrected chi connectivity index (χ0v) is 23.1. The second-order valence-corrected chi connectivity index (χ2v) is 10.2. The normalized spacial score (nSPS) is 13.1. The van der Waals surface area contributed by atoms with Crippen LogP contribution in [0.1, 0.15) is 54.7 Å². The Morgan fingerprint density at radius 1 is 0.975 bits per heavy atom. The van der Waals surface area contributed by atoms with Gasteiger partial charge in [-0.1, -0.05) is 48.5 Å². The number of rotatable bonds is 9. The quantitative estimate of drug-likeness (QED) is 0.248. The van der Waals surface area contributed by atoms with E-state index in [1.807, 2.05) is 37.3 Å². The molecule has 4 aromatic rings. The Balaban J connectivity index is 1.65. The summed E-state index contributed by atoms with van der Waals surface area (Å²) in [5.74, 6) is -4.05. The van der Waals surface area contributed by atoms with Crippen LogP contribution in [0, 0.1) is 6.92 Å². The lowest BCUT2D eigenvalue weighted by atomic mass is 9.93. The number of carboxylic acids is 1. The molecule has 0 fully saturated rings. The molecule has 0 saturated heterocycles. The molecule has 0 aliphatic carbocycles. The molecule has 0 bridgehead atoms. The number of amides is 1. The maximum Gasteiger partial charge on any atom is 0.311 e. The van der Waals surface area contributed by atoms with Crippen molar-refractivity contribution in [3.05, 3.63) is 89.2 Å². The van der Waals surface area contributed by atoms with Crippen molar-refractivity contribution >= 4 is 28.6 Å². The van der Waals surface area contributed by atoms with Crippen molar-refractivity contribution in [3.8, 4) is 11.1 Å². The highest BCUT2D eigenvalue weighted by Crippen LogP contribution is 2.33. The van der Waals surface area contributed by atoms with Crippen molar-refractivity contribution in [3.63, 3.8) is 0 Å². The van der Waals surface area contributed by atoms with Gasteiger partial charge in [-0.3, -0.25) is 9.59 Å². The predicted octanol–water partition coefficient (Wildman–Crippen LogP) is 6.54. The van der Waals surface area contributed by atoms with E-state index in [1.54, 1.807) is 45.3 Å². The maximum absolute atomic E-state index is 13.9. The second kappa shape index (κ2) is 11.4. The van der Waals surface area contributed by atoms with Crippen LogP contribution in [0.25, 0.3) is 22.0 Å². The number of nitrogens with zero attached hydrogens (tertiary/aromatic N) is 3. The average molecular weight is 547 g/mol. The van der Waals surface area contributed by atoms with Crippen molar-refractivity contribution in [2.45, 2.75) is 45.1 Å². The molecule has 0 radical (unpaired) electrons. The van der Waals surface area contributed by atoms with Crippen LogP contribution in [0.2, 0.25) is 0 Å². The molecule has 2 N–H and O–H groups in total. The Bertz CT molecular complexity index is 1550. The van der Waals surface area contributed by atoms with E-state index in [4.69, 9.17) is 0 Å². The van der Waals surface area contributed by atoms with Gasteiger partial charge in [0.15, 0.2) is 0 Å². The van der Waals surface area contributed by atoms with Gasteiger partial charge in [-0.15, -0.1) is 0 Å². The van der Waals surface area contributed by atoms with E-state index in [0.29, 0.717) is 22.8 Å². The van der Waals surface area contributed by atoms with Crippen LogP contribution in [-0.4, -0.2) is 45.9 Å². The van der Waals surface area contributed by atoms with Crippen molar-refractivity contribution < 1.29 is 23.5 Å². The molecule has 9 heteroatoms. The molecule has 0 saturated carbocycles. The number of alkyl halides is 2. The van der Waals surface area contributed by atoms with E-state index in [0.717, 1.165) is 29.0 Å². The van der Waals surface area contributed by atoms with E-state index in [2.05, 4.69) is 15.3 Å². The smallest absolute Gasteiger partial charge is 0.311 e. The summed E-state index contributed by atoms with van der Waals surface area (Å²) in [7, 11) is 3.19. The van der Waals surface area contributed by atoms with Gasteiger partial charge in [0.1, 0.15) is 11.6 Å². The van der Waals surface area contributed by atoms with Crippen LogP contribution >= 0.6 is 0 Å². The van der Waals surface area contributed by atoms with Crippen LogP contribution in [0.4, 0.5) is 14.6 Å². The first-order valence-corrected chi connectivity index (χ1v) is 12.9. The fourth-order valence-corrected chi connectivity index (χ4v) is 4.52. The van der Waals surface area contributed by atoms with Gasteiger partial charge in [0, 0.05) is 44.4 Å². The van der Waals surface area contributed by atoms with Gasteiger partial charge in [0.05, 0.1) is 11.4 Å². The number of anilines is 1. The second-order valence-electron chi connectivity index (χ2n) is 10.2. The molecule has 2 unspecified atom stereocenters. The number of hydrogen-bond donors (Lipinski definition) is 2. The van der Waals surface area contributed by atoms with Crippen LogP contribution in [-0.2, 0) is 15.5 Å². The Morgan fingerprint density at radius 3 is 2.27 bits per heavy atom. The molecule has 208 valence electrons. The Labute approximate surface area is 231 Å². The van der Waals surface area contributed by atoms with Gasteiger partial charge in [0.25, 0.3) is 5.92 Å². The summed E-state index contributed by atoms with van der Waals surface area (Å²) in [6, 6.07) is 18.9. The van der Waals surface area contributed by atoms with Crippen molar-refractivity contribution in [2.24, 2.45) is 0 Å². The molecule has 7 nitrogen and oxygen atoms in total. The summed E-state index contributed by atoms with van der Waals surface area (Å²) in [5, 5.41) is 13.8. The highest BCUT2D eigenvalue weighted by atomic mass is 19.3. The number of carbonyl (C=O) groups is 2. The fourth-order valence-electron chi connectivity index (χ4n) is 4.52. The molecule has 0 aliphatic rings. The minimum absolute atomic E-state index is 0.0515. The first-order chi connectivity index (χ1) is 18.8. The predicted molar refractivity (Wildman–Crippen MR) is 151 cm³/mol. The number of nitrogens with one attached hydrogen (secondary N) is 1. The Kier molecular flexibility index (Phi) is 8.13. The fraction of sp³-hybridized carbons (Fsp3) is 0.290. The maximum atomic E-state index is 13.9. The molecular formula is C31H32F2N4O3. The molecule has 2 atom stereocenters. The first-order valence-electron chi connectivity index (χ1n) is 12.9. The van der Waals surface area contributed by atoms with Crippen molar-refractivity contribution in [1.82, 2.24) is 14.9 Å². The van der Waals surface area contributed by atoms with Crippen LogP contribution < -0.4 is 5.32 Å². The number of benzene rings is 3. The zero-order valence-electron chi connectivity index (χ0n) is 23.1. The molecule has 1 aromatic heterocycles. The number of halogens is 2. The number of aryl methyl sites for hydroxylation is 1. The lowest BCUT2D eigenvalue weighted by Crippen LogP contribution is -2.26. The molecular weight excluding hydrogens is 514 g/mol. The highest BCUT2D eigenvalue weighted by Gasteiger charge is 2.25. The van der Waals surface area contributed by atoms with Crippen molar-refractivity contribution in [2.75, 3.05) is 19.4 Å². The van der Waals surface area contributed by atoms with E-state index in [9.17, 15) is 23.5 Å². The van der Waals surface area contributed by atoms with Gasteiger partial charge in [-0.2, -0.15) is 0 Å². The minimum atomic E-state index is -2.94. The van der Waals surface area contributed by atoms with E-state index < -0.39 is 17.8 Å². The molecule has 0 spiro atoms. The van der Waals surface area contributed by atoms with Crippen molar-refractivity contribution in [1.29, 1.82) is 0 Å². The molecule has 1 heterocycles. The first kappa shape index (κ1) is 28.6. The minimum Gasteiger partial charge on any atom is -0.481 e. The molecule has 1 amide bonds. The van der Waals surface area contributed by atoms with E-state index in [-0.39, 0.29) is 23.9 Å². The third-order valence-corrected chi connectivity index (χ3v) is 6.88. The standard InChI is InChI=1S/C31H32F2N4O3/c1-18(22-7-6-8-24(15-22)31(3,32)33)34-29-26-16-23(13-14-27(26)35-19(2)36-29)20-9-11-21(12-10-20)25(30(39)40)17-28(38)37(4)5/h6-16,18,25H,17H2,1-5H3,(H,39,40)(H,34,35,36). The number of hydrogen-bond acceptors (Lipinski definition) is 5. The number of aromatic nitrogens is 2. The Morgan fingerprint density at radius 2 is 1.65 bits per heavy atom. The average Bonchev–Trinajstić information content (AvgIpc) is 2.90.